The summed E-state index contributed by atoms with van der Waals surface area (Å²) in [6.07, 6.45) is 12.3. The molecular formula is C12H16OSi. The molecule has 2 rings (SSSR count). The van der Waals surface area contributed by atoms with Gasteiger partial charge in [0.15, 0.2) is 5.78 Å². The van der Waals surface area contributed by atoms with Gasteiger partial charge >= 0.3 is 0 Å². The van der Waals surface area contributed by atoms with Crippen LogP contribution >= 0.6 is 0 Å². The molecule has 2 bridgehead atoms. The summed E-state index contributed by atoms with van der Waals surface area (Å²) in [5.74, 6) is 0.401. The lowest BCUT2D eigenvalue weighted by molar-refractivity contribution is -0.120. The molecule has 74 valence electrons. The van der Waals surface area contributed by atoms with Crippen LogP contribution in [0.15, 0.2) is 36.5 Å². The normalized spacial score (nSPS) is 35.1. The van der Waals surface area contributed by atoms with Crippen molar-refractivity contribution in [2.24, 2.45) is 5.92 Å². The molecule has 2 atom stereocenters. The van der Waals surface area contributed by atoms with Gasteiger partial charge in [-0.15, -0.1) is 0 Å². The van der Waals surface area contributed by atoms with Gasteiger partial charge in [-0.05, 0) is 0 Å². The van der Waals surface area contributed by atoms with Crippen LogP contribution < -0.4 is 0 Å². The van der Waals surface area contributed by atoms with Crippen LogP contribution in [0.3, 0.4) is 0 Å². The van der Waals surface area contributed by atoms with Crippen molar-refractivity contribution in [1.29, 1.82) is 0 Å². The summed E-state index contributed by atoms with van der Waals surface area (Å²) in [5.41, 5.74) is 0. The Morgan fingerprint density at radius 3 is 2.50 bits per heavy atom. The summed E-state index contributed by atoms with van der Waals surface area (Å²) in [7, 11) is -1.52. The Morgan fingerprint density at radius 1 is 1.14 bits per heavy atom. The molecule has 2 aliphatic carbocycles. The fraction of sp³-hybridized carbons (Fsp3) is 0.417. The molecule has 0 aromatic carbocycles. The Labute approximate surface area is 86.2 Å². The largest absolute Gasteiger partial charge is 0.298 e. The number of carbonyl (C=O) groups is 1. The maximum atomic E-state index is 12.2. The van der Waals surface area contributed by atoms with Crippen LogP contribution in [0.2, 0.25) is 24.7 Å². The summed E-state index contributed by atoms with van der Waals surface area (Å²) in [5, 5.41) is -0.249. The van der Waals surface area contributed by atoms with Crippen molar-refractivity contribution in [1.82, 2.24) is 0 Å². The van der Waals surface area contributed by atoms with E-state index < -0.39 is 8.07 Å². The number of carbonyl (C=O) groups excluding carboxylic acids is 1. The molecule has 0 N–H and O–H groups in total. The van der Waals surface area contributed by atoms with Crippen LogP contribution in [0.1, 0.15) is 0 Å². The van der Waals surface area contributed by atoms with E-state index in [-0.39, 0.29) is 11.0 Å². The lowest BCUT2D eigenvalue weighted by Gasteiger charge is -2.35. The monoisotopic (exact) mass is 204 g/mol. The van der Waals surface area contributed by atoms with Crippen molar-refractivity contribution in [2.75, 3.05) is 0 Å². The number of ketones is 1. The molecule has 1 nitrogen and oxygen atoms in total. The van der Waals surface area contributed by atoms with E-state index in [0.29, 0.717) is 5.78 Å². The number of rotatable bonds is 1. The molecule has 0 unspecified atom stereocenters. The number of fused-ring (bicyclic) bond motifs is 2. The second kappa shape index (κ2) is 2.80. The number of allylic oxidation sites excluding steroid dienone is 6. The van der Waals surface area contributed by atoms with E-state index in [0.717, 1.165) is 0 Å². The average molecular weight is 204 g/mol. The second-order valence-electron chi connectivity index (χ2n) is 5.11. The number of Topliss-reactive ketones (excluding diaryl/α,β-unsaturated/α-hetero) is 1. The first kappa shape index (κ1) is 9.65. The van der Waals surface area contributed by atoms with Crippen molar-refractivity contribution < 1.29 is 4.79 Å². The van der Waals surface area contributed by atoms with Crippen molar-refractivity contribution in [3.8, 4) is 0 Å². The smallest absolute Gasteiger partial charge is 0.154 e. The predicted octanol–water partition coefficient (Wildman–Crippen LogP) is 2.95. The minimum absolute atomic E-state index is 0.0247. The zero-order valence-corrected chi connectivity index (χ0v) is 9.95. The summed E-state index contributed by atoms with van der Waals surface area (Å²) >= 11 is 0. The van der Waals surface area contributed by atoms with E-state index in [9.17, 15) is 4.79 Å². The molecule has 0 aliphatic heterocycles. The van der Waals surface area contributed by atoms with Crippen LogP contribution in [-0.2, 0) is 4.79 Å². The van der Waals surface area contributed by atoms with Crippen LogP contribution in [0.5, 0.6) is 0 Å². The number of hydrogen-bond acceptors (Lipinski definition) is 1. The van der Waals surface area contributed by atoms with E-state index in [4.69, 9.17) is 0 Å². The zero-order valence-electron chi connectivity index (χ0n) is 8.95. The Bertz CT molecular complexity index is 357. The van der Waals surface area contributed by atoms with Crippen LogP contribution in [0.25, 0.3) is 0 Å². The summed E-state index contributed by atoms with van der Waals surface area (Å²) in [6.45, 7) is 6.77. The molecular weight excluding hydrogens is 188 g/mol. The first-order valence-electron chi connectivity index (χ1n) is 5.07. The highest BCUT2D eigenvalue weighted by molar-refractivity contribution is 6.84. The van der Waals surface area contributed by atoms with Gasteiger partial charge in [-0.25, -0.2) is 0 Å². The van der Waals surface area contributed by atoms with Crippen molar-refractivity contribution in [3.05, 3.63) is 36.5 Å². The third-order valence-corrected chi connectivity index (χ3v) is 6.37. The van der Waals surface area contributed by atoms with E-state index >= 15 is 0 Å². The van der Waals surface area contributed by atoms with E-state index in [1.54, 1.807) is 0 Å². The van der Waals surface area contributed by atoms with Crippen molar-refractivity contribution >= 4 is 13.9 Å². The summed E-state index contributed by atoms with van der Waals surface area (Å²) in [4.78, 5) is 12.2. The van der Waals surface area contributed by atoms with Gasteiger partial charge in [-0.3, -0.25) is 4.79 Å². The molecule has 0 heterocycles. The molecule has 0 spiro atoms. The zero-order chi connectivity index (χ0) is 10.4. The Balaban J connectivity index is 2.55. The first-order valence-corrected chi connectivity index (χ1v) is 8.57. The highest BCUT2D eigenvalue weighted by Crippen LogP contribution is 2.49. The van der Waals surface area contributed by atoms with Gasteiger partial charge in [0.1, 0.15) is 0 Å². The highest BCUT2D eigenvalue weighted by atomic mass is 28.3. The highest BCUT2D eigenvalue weighted by Gasteiger charge is 2.50. The second-order valence-corrected chi connectivity index (χ2v) is 10.4. The molecule has 2 aliphatic rings. The minimum Gasteiger partial charge on any atom is -0.298 e. The summed E-state index contributed by atoms with van der Waals surface area (Å²) in [6, 6.07) is 0. The van der Waals surface area contributed by atoms with E-state index in [2.05, 4.69) is 37.9 Å². The van der Waals surface area contributed by atoms with Crippen molar-refractivity contribution in [3.63, 3.8) is 0 Å². The fourth-order valence-electron chi connectivity index (χ4n) is 2.25. The van der Waals surface area contributed by atoms with Gasteiger partial charge in [0.05, 0.1) is 19.0 Å². The van der Waals surface area contributed by atoms with Gasteiger partial charge in [0.2, 0.25) is 0 Å². The Hall–Kier alpha value is -0.893. The topological polar surface area (TPSA) is 17.1 Å². The standard InChI is InChI=1S/C12H16OSi/c1-14(2,3)12-8-5-4-6-10(7-9-12)11(12)13/h4-10H,1-3H3/t10-,12-/m1/s1. The predicted molar refractivity (Wildman–Crippen MR) is 62.0 cm³/mol. The van der Waals surface area contributed by atoms with E-state index in [1.807, 2.05) is 18.2 Å². The van der Waals surface area contributed by atoms with Crippen LogP contribution in [0.4, 0.5) is 0 Å². The van der Waals surface area contributed by atoms with E-state index in [1.165, 1.54) is 0 Å². The first-order chi connectivity index (χ1) is 6.47. The molecule has 0 amide bonds. The molecule has 2 heteroatoms. The molecule has 0 radical (unpaired) electrons. The Kier molecular flexibility index (Phi) is 1.93. The minimum atomic E-state index is -1.52. The molecule has 0 fully saturated rings. The fourth-order valence-corrected chi connectivity index (χ4v) is 4.35. The lowest BCUT2D eigenvalue weighted by atomic mass is 10.0. The van der Waals surface area contributed by atoms with Gasteiger partial charge in [-0.1, -0.05) is 56.1 Å². The SMILES string of the molecule is C[Si](C)(C)[C@]12C=CC=C[C@H](C=C1)C2=O. The number of hydrogen-bond donors (Lipinski definition) is 0. The molecule has 14 heavy (non-hydrogen) atoms. The van der Waals surface area contributed by atoms with Crippen LogP contribution in [-0.4, -0.2) is 13.9 Å². The third kappa shape index (κ3) is 1.10. The molecule has 0 saturated heterocycles. The molecule has 0 saturated carbocycles. The maximum absolute atomic E-state index is 12.2. The molecule has 0 aromatic heterocycles. The quantitative estimate of drug-likeness (QED) is 0.474. The lowest BCUT2D eigenvalue weighted by Crippen LogP contribution is -2.42. The summed E-state index contributed by atoms with van der Waals surface area (Å²) < 4.78 is 0. The Morgan fingerprint density at radius 2 is 1.86 bits per heavy atom. The van der Waals surface area contributed by atoms with Gasteiger partial charge < -0.3 is 0 Å². The van der Waals surface area contributed by atoms with Crippen LogP contribution in [0, 0.1) is 5.92 Å². The third-order valence-electron chi connectivity index (χ3n) is 3.31. The van der Waals surface area contributed by atoms with Crippen molar-refractivity contribution in [2.45, 2.75) is 24.7 Å². The van der Waals surface area contributed by atoms with Gasteiger partial charge in [0.25, 0.3) is 0 Å². The van der Waals surface area contributed by atoms with Gasteiger partial charge in [-0.2, -0.15) is 0 Å². The maximum Gasteiger partial charge on any atom is 0.154 e. The van der Waals surface area contributed by atoms with Gasteiger partial charge in [0, 0.05) is 0 Å². The molecule has 0 aromatic rings. The average Bonchev–Trinajstić information content (AvgIpc) is 2.21.